The van der Waals surface area contributed by atoms with E-state index in [2.05, 4.69) is 0 Å². The topological polar surface area (TPSA) is 174 Å². The second-order valence-electron chi connectivity index (χ2n) is 8.61. The molecule has 11 nitrogen and oxygen atoms in total. The second kappa shape index (κ2) is 12.8. The molecule has 1 aliphatic rings. The van der Waals surface area contributed by atoms with E-state index in [1.54, 1.807) is 41.3 Å². The summed E-state index contributed by atoms with van der Waals surface area (Å²) in [7, 11) is 0. The van der Waals surface area contributed by atoms with Crippen LogP contribution in [0.2, 0.25) is 0 Å². The number of nitrogens with one attached hydrogen (secondary N) is 1. The number of hydrogen-bond acceptors (Lipinski definition) is 6. The lowest BCUT2D eigenvalue weighted by Crippen LogP contribution is -2.42. The number of carbonyl (C=O) groups is 4. The van der Waals surface area contributed by atoms with Crippen molar-refractivity contribution in [3.63, 3.8) is 0 Å². The van der Waals surface area contributed by atoms with Crippen LogP contribution in [0.25, 0.3) is 0 Å². The first-order valence-corrected chi connectivity index (χ1v) is 11.4. The third-order valence-electron chi connectivity index (χ3n) is 5.34. The molecule has 39 heavy (non-hydrogen) atoms. The van der Waals surface area contributed by atoms with Crippen LogP contribution in [0.3, 0.4) is 0 Å². The lowest BCUT2D eigenvalue weighted by Gasteiger charge is -2.26. The van der Waals surface area contributed by atoms with Gasteiger partial charge in [-0.1, -0.05) is 18.2 Å². The molecule has 0 aliphatic carbocycles. The third kappa shape index (κ3) is 8.45. The minimum atomic E-state index is -5.08. The average Bonchev–Trinajstić information content (AvgIpc) is 2.95. The molecule has 0 radical (unpaired) electrons. The Morgan fingerprint density at radius 3 is 2.31 bits per heavy atom. The monoisotopic (exact) mass is 552 g/mol. The van der Waals surface area contributed by atoms with Gasteiger partial charge in [0.1, 0.15) is 24.7 Å². The van der Waals surface area contributed by atoms with Crippen LogP contribution in [0.5, 0.6) is 5.75 Å². The number of alkyl halides is 3. The molecule has 2 aromatic carbocycles. The van der Waals surface area contributed by atoms with Crippen LogP contribution in [-0.4, -0.2) is 70.0 Å². The van der Waals surface area contributed by atoms with Gasteiger partial charge in [-0.25, -0.2) is 4.79 Å². The zero-order valence-electron chi connectivity index (χ0n) is 21.0. The molecule has 1 aliphatic heterocycles. The van der Waals surface area contributed by atoms with Crippen molar-refractivity contribution in [2.24, 2.45) is 5.73 Å². The highest BCUT2D eigenvalue weighted by Gasteiger charge is 2.38. The number of nitrogen functional groups attached to an aromatic ring is 1. The second-order valence-corrected chi connectivity index (χ2v) is 8.61. The summed E-state index contributed by atoms with van der Waals surface area (Å²) in [5.41, 5.74) is 7.68. The molecule has 0 aromatic heterocycles. The van der Waals surface area contributed by atoms with Crippen LogP contribution >= 0.6 is 0 Å². The summed E-state index contributed by atoms with van der Waals surface area (Å²) < 4.78 is 37.6. The molecular formula is C25H27F3N4O7. The highest BCUT2D eigenvalue weighted by Crippen LogP contribution is 2.31. The fraction of sp³-hybridized carbons (Fsp3) is 0.320. The van der Waals surface area contributed by atoms with Crippen molar-refractivity contribution in [1.29, 1.82) is 5.41 Å². The number of fused-ring (bicyclic) bond motifs is 1. The van der Waals surface area contributed by atoms with E-state index in [9.17, 15) is 27.6 Å². The summed E-state index contributed by atoms with van der Waals surface area (Å²) >= 11 is 0. The summed E-state index contributed by atoms with van der Waals surface area (Å²) in [5.74, 6) is -4.09. The van der Waals surface area contributed by atoms with Crippen LogP contribution in [0.4, 0.5) is 18.9 Å². The number of carboxylic acid groups (broad SMARTS) is 2. The molecule has 3 rings (SSSR count). The molecule has 14 heteroatoms. The number of carbonyl (C=O) groups excluding carboxylic acids is 2. The molecule has 0 spiro atoms. The molecule has 2 aromatic rings. The molecule has 5 N–H and O–H groups in total. The number of amidine groups is 1. The molecular weight excluding hydrogens is 525 g/mol. The lowest BCUT2D eigenvalue weighted by atomic mass is 10.1. The normalized spacial score (nSPS) is 13.3. The number of benzene rings is 2. The Bertz CT molecular complexity index is 1260. The molecule has 0 saturated heterocycles. The van der Waals surface area contributed by atoms with Gasteiger partial charge in [0.05, 0.1) is 17.7 Å². The summed E-state index contributed by atoms with van der Waals surface area (Å²) in [5, 5.41) is 23.7. The Morgan fingerprint density at radius 2 is 1.77 bits per heavy atom. The first-order chi connectivity index (χ1) is 18.1. The van der Waals surface area contributed by atoms with Gasteiger partial charge in [-0.2, -0.15) is 13.2 Å². The van der Waals surface area contributed by atoms with E-state index in [0.717, 1.165) is 5.56 Å². The van der Waals surface area contributed by atoms with Gasteiger partial charge >= 0.3 is 18.1 Å². The van der Waals surface area contributed by atoms with E-state index in [1.165, 1.54) is 4.90 Å². The quantitative estimate of drug-likeness (QED) is 0.286. The first-order valence-electron chi connectivity index (χ1n) is 11.4. The molecule has 210 valence electrons. The number of anilines is 1. The van der Waals surface area contributed by atoms with Gasteiger partial charge < -0.3 is 30.5 Å². The molecule has 0 bridgehead atoms. The van der Waals surface area contributed by atoms with Gasteiger partial charge in [-0.05, 0) is 43.7 Å². The Balaban J connectivity index is 0.000000673. The summed E-state index contributed by atoms with van der Waals surface area (Å²) in [6.45, 7) is 3.65. The number of ether oxygens (including phenoxy) is 1. The van der Waals surface area contributed by atoms with Crippen LogP contribution in [0.15, 0.2) is 42.5 Å². The maximum absolute atomic E-state index is 13.2. The largest absolute Gasteiger partial charge is 0.490 e. The van der Waals surface area contributed by atoms with E-state index in [0.29, 0.717) is 17.0 Å². The van der Waals surface area contributed by atoms with Gasteiger partial charge in [0.25, 0.3) is 5.91 Å². The Hall–Kier alpha value is -4.62. The standard InChI is InChI=1S/C23H26N4O5.C2HF3O2/c1-14(2)27-19-7-6-17(32-13-15-4-3-5-16(10-15)22(24)25)11-18(19)23(31)26(12-20(27)28)9-8-21(29)30;3-2(4,5)1(6)7/h3-7,10-11,14H,8-9,12-13H2,1-2H3,(H3,24,25)(H,29,30);(H,6,7). The highest BCUT2D eigenvalue weighted by molar-refractivity contribution is 6.10. The zero-order valence-corrected chi connectivity index (χ0v) is 21.0. The number of nitrogens with zero attached hydrogens (tertiary/aromatic N) is 2. The zero-order chi connectivity index (χ0) is 29.5. The summed E-state index contributed by atoms with van der Waals surface area (Å²) in [4.78, 5) is 48.7. The summed E-state index contributed by atoms with van der Waals surface area (Å²) in [6.07, 6.45) is -5.33. The summed E-state index contributed by atoms with van der Waals surface area (Å²) in [6, 6.07) is 11.9. The smallest absolute Gasteiger partial charge is 0.489 e. The molecule has 0 saturated carbocycles. The Morgan fingerprint density at radius 1 is 1.13 bits per heavy atom. The predicted octanol–water partition coefficient (Wildman–Crippen LogP) is 2.85. The van der Waals surface area contributed by atoms with Crippen LogP contribution in [-0.2, 0) is 21.0 Å². The maximum atomic E-state index is 13.2. The van der Waals surface area contributed by atoms with Crippen LogP contribution in [0.1, 0.15) is 41.8 Å². The minimum absolute atomic E-state index is 0.0395. The van der Waals surface area contributed by atoms with E-state index < -0.39 is 24.0 Å². The van der Waals surface area contributed by atoms with Gasteiger partial charge in [0.2, 0.25) is 5.91 Å². The van der Waals surface area contributed by atoms with E-state index in [-0.39, 0.29) is 49.5 Å². The minimum Gasteiger partial charge on any atom is -0.489 e. The highest BCUT2D eigenvalue weighted by atomic mass is 19.4. The number of hydrogen-bond donors (Lipinski definition) is 4. The lowest BCUT2D eigenvalue weighted by molar-refractivity contribution is -0.192. The van der Waals surface area contributed by atoms with E-state index in [1.807, 2.05) is 19.9 Å². The van der Waals surface area contributed by atoms with Crippen molar-refractivity contribution in [3.05, 3.63) is 59.2 Å². The molecule has 0 fully saturated rings. The average molecular weight is 553 g/mol. The van der Waals surface area contributed by atoms with Gasteiger partial charge in [-0.15, -0.1) is 0 Å². The van der Waals surface area contributed by atoms with Crippen molar-refractivity contribution < 1.29 is 47.3 Å². The van der Waals surface area contributed by atoms with Gasteiger partial charge in [0.15, 0.2) is 0 Å². The maximum Gasteiger partial charge on any atom is 0.490 e. The molecule has 2 amide bonds. The van der Waals surface area contributed by atoms with Crippen molar-refractivity contribution in [1.82, 2.24) is 4.90 Å². The number of rotatable bonds is 8. The van der Waals surface area contributed by atoms with Gasteiger partial charge in [-0.3, -0.25) is 19.8 Å². The third-order valence-corrected chi connectivity index (χ3v) is 5.34. The van der Waals surface area contributed by atoms with Gasteiger partial charge in [0, 0.05) is 18.2 Å². The number of halogens is 3. The Labute approximate surface area is 221 Å². The molecule has 1 heterocycles. The van der Waals surface area contributed by atoms with Crippen LogP contribution < -0.4 is 15.4 Å². The van der Waals surface area contributed by atoms with Crippen molar-refractivity contribution in [3.8, 4) is 5.75 Å². The van der Waals surface area contributed by atoms with Crippen molar-refractivity contribution in [2.45, 2.75) is 39.1 Å². The van der Waals surface area contributed by atoms with Crippen molar-refractivity contribution in [2.75, 3.05) is 18.0 Å². The SMILES string of the molecule is CC(C)N1C(=O)CN(CCC(=O)O)C(=O)c2cc(OCc3cccc(C(=N)N)c3)ccc21.O=C(O)C(F)(F)F. The first kappa shape index (κ1) is 30.6. The number of aliphatic carboxylic acids is 2. The molecule has 0 unspecified atom stereocenters. The molecule has 0 atom stereocenters. The predicted molar refractivity (Wildman–Crippen MR) is 133 cm³/mol. The Kier molecular flexibility index (Phi) is 10.0. The fourth-order valence-electron chi connectivity index (χ4n) is 3.57. The number of amides is 2. The van der Waals surface area contributed by atoms with Crippen LogP contribution in [0, 0.1) is 5.41 Å². The fourth-order valence-corrected chi connectivity index (χ4v) is 3.57. The van der Waals surface area contributed by atoms with E-state index in [4.69, 9.17) is 30.9 Å². The number of carboxylic acids is 2. The van der Waals surface area contributed by atoms with E-state index >= 15 is 0 Å². The number of nitrogens with two attached hydrogens (primary N) is 1. The van der Waals surface area contributed by atoms with Crippen molar-refractivity contribution >= 4 is 35.3 Å².